The Bertz CT molecular complexity index is 611. The summed E-state index contributed by atoms with van der Waals surface area (Å²) in [5.41, 5.74) is -1.14. The Morgan fingerprint density at radius 3 is 2.50 bits per heavy atom. The summed E-state index contributed by atoms with van der Waals surface area (Å²) in [6.45, 7) is 0. The molecule has 0 aliphatic heterocycles. The highest BCUT2D eigenvalue weighted by Gasteiger charge is 2.34. The summed E-state index contributed by atoms with van der Waals surface area (Å²) in [5.74, 6) is 0.303. The van der Waals surface area contributed by atoms with Crippen molar-refractivity contribution in [2.24, 2.45) is 0 Å². The van der Waals surface area contributed by atoms with Gasteiger partial charge in [-0.2, -0.15) is 18.4 Å². The maximum absolute atomic E-state index is 12.8. The molecule has 0 aliphatic carbocycles. The molecule has 18 heavy (non-hydrogen) atoms. The Labute approximate surface area is 109 Å². The van der Waals surface area contributed by atoms with Gasteiger partial charge in [-0.05, 0) is 40.2 Å². The molecule has 6 heteroatoms. The van der Waals surface area contributed by atoms with Gasteiger partial charge in [0.05, 0.1) is 23.5 Å². The van der Waals surface area contributed by atoms with E-state index in [0.29, 0.717) is 10.2 Å². The highest BCUT2D eigenvalue weighted by molar-refractivity contribution is 9.10. The van der Waals surface area contributed by atoms with E-state index in [0.717, 1.165) is 12.1 Å². The molecule has 0 saturated carbocycles. The van der Waals surface area contributed by atoms with Gasteiger partial charge in [0.15, 0.2) is 0 Å². The van der Waals surface area contributed by atoms with E-state index in [9.17, 15) is 13.2 Å². The summed E-state index contributed by atoms with van der Waals surface area (Å²) >= 11 is 3.13. The highest BCUT2D eigenvalue weighted by atomic mass is 79.9. The fourth-order valence-electron chi connectivity index (χ4n) is 1.52. The fraction of sp³-hybridized carbons (Fsp3) is 0.0833. The summed E-state index contributed by atoms with van der Waals surface area (Å²) in [7, 11) is 0. The maximum atomic E-state index is 12.8. The fourth-order valence-corrected chi connectivity index (χ4v) is 2.06. The zero-order chi connectivity index (χ0) is 13.3. The zero-order valence-electron chi connectivity index (χ0n) is 8.75. The van der Waals surface area contributed by atoms with Crippen molar-refractivity contribution in [1.29, 1.82) is 5.26 Å². The van der Waals surface area contributed by atoms with Crippen molar-refractivity contribution in [3.63, 3.8) is 0 Å². The molecule has 0 amide bonds. The average Bonchev–Trinajstić information content (AvgIpc) is 2.80. The third-order valence-electron chi connectivity index (χ3n) is 2.32. The van der Waals surface area contributed by atoms with Gasteiger partial charge in [0.2, 0.25) is 0 Å². The van der Waals surface area contributed by atoms with Crippen molar-refractivity contribution < 1.29 is 17.6 Å². The van der Waals surface area contributed by atoms with Crippen LogP contribution in [-0.4, -0.2) is 0 Å². The first-order valence-corrected chi connectivity index (χ1v) is 5.57. The molecule has 1 aromatic carbocycles. The molecule has 1 heterocycles. The van der Waals surface area contributed by atoms with Gasteiger partial charge in [-0.3, -0.25) is 0 Å². The number of hydrogen-bond acceptors (Lipinski definition) is 2. The number of alkyl halides is 3. The number of hydrogen-bond donors (Lipinski definition) is 0. The summed E-state index contributed by atoms with van der Waals surface area (Å²) in [4.78, 5) is 0. The number of furan rings is 1. The molecule has 0 radical (unpaired) electrons. The molecule has 0 atom stereocenters. The van der Waals surface area contributed by atoms with Crippen LogP contribution in [0.4, 0.5) is 13.2 Å². The van der Waals surface area contributed by atoms with Crippen LogP contribution in [0.25, 0.3) is 11.3 Å². The van der Waals surface area contributed by atoms with E-state index in [2.05, 4.69) is 15.9 Å². The van der Waals surface area contributed by atoms with Crippen LogP contribution in [0.5, 0.6) is 0 Å². The molecule has 92 valence electrons. The van der Waals surface area contributed by atoms with E-state index in [1.54, 1.807) is 12.1 Å². The third kappa shape index (κ3) is 2.27. The second-order valence-electron chi connectivity index (χ2n) is 3.46. The lowest BCUT2D eigenvalue weighted by molar-refractivity contribution is -0.137. The Morgan fingerprint density at radius 2 is 2.00 bits per heavy atom. The van der Waals surface area contributed by atoms with Crippen molar-refractivity contribution in [2.75, 3.05) is 0 Å². The molecular formula is C12H5BrF3NO. The zero-order valence-corrected chi connectivity index (χ0v) is 10.3. The number of halogens is 4. The quantitative estimate of drug-likeness (QED) is 0.771. The predicted molar refractivity (Wildman–Crippen MR) is 61.6 cm³/mol. The number of rotatable bonds is 1. The van der Waals surface area contributed by atoms with Crippen molar-refractivity contribution >= 4 is 15.9 Å². The standard InChI is InChI=1S/C12H5BrF3NO/c13-10-4-7(6-17)9(12(14,15)16)5-8(10)11-2-1-3-18-11/h1-5H. The minimum atomic E-state index is -4.58. The summed E-state index contributed by atoms with van der Waals surface area (Å²) in [5, 5.41) is 8.73. The van der Waals surface area contributed by atoms with Crippen LogP contribution in [0, 0.1) is 11.3 Å². The van der Waals surface area contributed by atoms with Gasteiger partial charge in [0.1, 0.15) is 5.76 Å². The molecule has 2 nitrogen and oxygen atoms in total. The summed E-state index contributed by atoms with van der Waals surface area (Å²) in [6.07, 6.45) is -3.21. The van der Waals surface area contributed by atoms with Gasteiger partial charge in [-0.15, -0.1) is 0 Å². The van der Waals surface area contributed by atoms with Crippen molar-refractivity contribution in [1.82, 2.24) is 0 Å². The van der Waals surface area contributed by atoms with Crippen LogP contribution in [-0.2, 0) is 6.18 Å². The molecule has 0 fully saturated rings. The first-order chi connectivity index (χ1) is 8.43. The van der Waals surface area contributed by atoms with Crippen LogP contribution in [0.2, 0.25) is 0 Å². The van der Waals surface area contributed by atoms with Gasteiger partial charge >= 0.3 is 6.18 Å². The van der Waals surface area contributed by atoms with E-state index >= 15 is 0 Å². The second-order valence-corrected chi connectivity index (χ2v) is 4.32. The molecular weight excluding hydrogens is 311 g/mol. The monoisotopic (exact) mass is 315 g/mol. The molecule has 1 aromatic heterocycles. The summed E-state index contributed by atoms with van der Waals surface area (Å²) in [6, 6.07) is 6.70. The number of benzene rings is 1. The first-order valence-electron chi connectivity index (χ1n) is 4.78. The minimum absolute atomic E-state index is 0.256. The predicted octanol–water partition coefficient (Wildman–Crippen LogP) is 4.60. The van der Waals surface area contributed by atoms with Gasteiger partial charge in [0.25, 0.3) is 0 Å². The molecule has 0 N–H and O–H groups in total. The van der Waals surface area contributed by atoms with E-state index in [1.165, 1.54) is 12.3 Å². The minimum Gasteiger partial charge on any atom is -0.464 e. The Kier molecular flexibility index (Phi) is 3.18. The normalized spacial score (nSPS) is 11.3. The first kappa shape index (κ1) is 12.7. The van der Waals surface area contributed by atoms with Crippen molar-refractivity contribution in [3.05, 3.63) is 46.1 Å². The molecule has 0 unspecified atom stereocenters. The molecule has 0 saturated heterocycles. The highest BCUT2D eigenvalue weighted by Crippen LogP contribution is 2.38. The van der Waals surface area contributed by atoms with E-state index in [1.807, 2.05) is 0 Å². The number of nitrogens with zero attached hydrogens (tertiary/aromatic N) is 1. The van der Waals surface area contributed by atoms with Crippen LogP contribution in [0.15, 0.2) is 39.4 Å². The van der Waals surface area contributed by atoms with Crippen LogP contribution >= 0.6 is 15.9 Å². The lowest BCUT2D eigenvalue weighted by Crippen LogP contribution is -2.08. The van der Waals surface area contributed by atoms with Crippen LogP contribution in [0.3, 0.4) is 0 Å². The van der Waals surface area contributed by atoms with Crippen molar-refractivity contribution in [3.8, 4) is 17.4 Å². The molecule has 0 aliphatic rings. The van der Waals surface area contributed by atoms with Gasteiger partial charge in [0, 0.05) is 10.0 Å². The molecule has 0 bridgehead atoms. The van der Waals surface area contributed by atoms with Crippen LogP contribution < -0.4 is 0 Å². The van der Waals surface area contributed by atoms with Gasteiger partial charge in [-0.25, -0.2) is 0 Å². The third-order valence-corrected chi connectivity index (χ3v) is 2.98. The smallest absolute Gasteiger partial charge is 0.417 e. The topological polar surface area (TPSA) is 36.9 Å². The average molecular weight is 316 g/mol. The molecule has 2 aromatic rings. The van der Waals surface area contributed by atoms with Crippen molar-refractivity contribution in [2.45, 2.75) is 6.18 Å². The Hall–Kier alpha value is -1.74. The SMILES string of the molecule is N#Cc1cc(Br)c(-c2ccco2)cc1C(F)(F)F. The Morgan fingerprint density at radius 1 is 1.28 bits per heavy atom. The van der Waals surface area contributed by atoms with E-state index in [-0.39, 0.29) is 5.56 Å². The van der Waals surface area contributed by atoms with Gasteiger partial charge < -0.3 is 4.42 Å². The molecule has 2 rings (SSSR count). The number of nitriles is 1. The Balaban J connectivity index is 2.68. The van der Waals surface area contributed by atoms with E-state index in [4.69, 9.17) is 9.68 Å². The van der Waals surface area contributed by atoms with Crippen LogP contribution in [0.1, 0.15) is 11.1 Å². The lowest BCUT2D eigenvalue weighted by Gasteiger charge is -2.11. The largest absolute Gasteiger partial charge is 0.464 e. The summed E-state index contributed by atoms with van der Waals surface area (Å²) < 4.78 is 43.8. The maximum Gasteiger partial charge on any atom is 0.417 e. The second kappa shape index (κ2) is 4.50. The van der Waals surface area contributed by atoms with Gasteiger partial charge in [-0.1, -0.05) is 0 Å². The van der Waals surface area contributed by atoms with E-state index < -0.39 is 17.3 Å². The molecule has 0 spiro atoms. The lowest BCUT2D eigenvalue weighted by atomic mass is 10.0.